The summed E-state index contributed by atoms with van der Waals surface area (Å²) in [5.74, 6) is -2.58. The zero-order valence-corrected chi connectivity index (χ0v) is 13.8. The highest BCUT2D eigenvalue weighted by Crippen LogP contribution is 2.27. The molecule has 0 spiro atoms. The van der Waals surface area contributed by atoms with Gasteiger partial charge in [0.25, 0.3) is 0 Å². The lowest BCUT2D eigenvalue weighted by atomic mass is 10.00. The van der Waals surface area contributed by atoms with Crippen molar-refractivity contribution in [1.29, 1.82) is 5.26 Å². The minimum atomic E-state index is -0.912. The zero-order chi connectivity index (χ0) is 19.0. The first kappa shape index (κ1) is 16.6. The molecule has 4 nitrogen and oxygen atoms in total. The van der Waals surface area contributed by atoms with Gasteiger partial charge in [-0.1, -0.05) is 18.2 Å². The van der Waals surface area contributed by atoms with E-state index < -0.39 is 23.0 Å². The van der Waals surface area contributed by atoms with E-state index in [0.29, 0.717) is 16.6 Å². The smallest absolute Gasteiger partial charge is 0.201 e. The number of pyridine rings is 1. The molecule has 0 saturated carbocycles. The summed E-state index contributed by atoms with van der Waals surface area (Å²) < 4.78 is 28.0. The number of nitriles is 1. The Morgan fingerprint density at radius 3 is 2.41 bits per heavy atom. The molecule has 0 saturated heterocycles. The quantitative estimate of drug-likeness (QED) is 0.543. The van der Waals surface area contributed by atoms with Crippen LogP contribution >= 0.6 is 0 Å². The summed E-state index contributed by atoms with van der Waals surface area (Å²) in [6, 6.07) is 14.0. The van der Waals surface area contributed by atoms with Gasteiger partial charge in [-0.25, -0.2) is 13.8 Å². The summed E-state index contributed by atoms with van der Waals surface area (Å²) in [5.41, 5.74) is 2.03. The number of ketones is 1. The maximum atomic E-state index is 14.0. The van der Waals surface area contributed by atoms with Gasteiger partial charge in [0.2, 0.25) is 5.78 Å². The van der Waals surface area contributed by atoms with Gasteiger partial charge in [-0.3, -0.25) is 4.79 Å². The minimum Gasteiger partial charge on any atom is -0.345 e. The van der Waals surface area contributed by atoms with Gasteiger partial charge in [0, 0.05) is 28.9 Å². The van der Waals surface area contributed by atoms with Gasteiger partial charge in [0.1, 0.15) is 17.3 Å². The van der Waals surface area contributed by atoms with Crippen molar-refractivity contribution >= 4 is 16.8 Å². The fourth-order valence-corrected chi connectivity index (χ4v) is 2.94. The number of aromatic amines is 1. The molecule has 2 aromatic carbocycles. The molecule has 0 radical (unpaired) electrons. The molecule has 2 heterocycles. The van der Waals surface area contributed by atoms with Crippen LogP contribution in [0.2, 0.25) is 0 Å². The van der Waals surface area contributed by atoms with Gasteiger partial charge in [-0.05, 0) is 35.9 Å². The van der Waals surface area contributed by atoms with Crippen molar-refractivity contribution in [3.63, 3.8) is 0 Å². The van der Waals surface area contributed by atoms with Crippen molar-refractivity contribution in [2.45, 2.75) is 0 Å². The number of nitrogens with one attached hydrogen (secondary N) is 1. The van der Waals surface area contributed by atoms with Crippen LogP contribution in [0.1, 0.15) is 21.5 Å². The fourth-order valence-electron chi connectivity index (χ4n) is 2.94. The summed E-state index contributed by atoms with van der Waals surface area (Å²) in [5, 5.41) is 9.36. The first-order chi connectivity index (χ1) is 13.1. The van der Waals surface area contributed by atoms with Crippen molar-refractivity contribution in [3.05, 3.63) is 89.2 Å². The summed E-state index contributed by atoms with van der Waals surface area (Å²) in [6.07, 6.45) is 3.02. The molecule has 0 fully saturated rings. The minimum absolute atomic E-state index is 0.136. The predicted octanol–water partition coefficient (Wildman–Crippen LogP) is 4.61. The average Bonchev–Trinajstić information content (AvgIpc) is 3.11. The topological polar surface area (TPSA) is 69.5 Å². The molecular formula is C21H11F2N3O. The van der Waals surface area contributed by atoms with E-state index in [1.165, 1.54) is 12.3 Å². The molecule has 4 aromatic rings. The van der Waals surface area contributed by atoms with Crippen molar-refractivity contribution in [2.75, 3.05) is 0 Å². The molecule has 27 heavy (non-hydrogen) atoms. The molecule has 0 aliphatic rings. The van der Waals surface area contributed by atoms with Crippen molar-refractivity contribution < 1.29 is 13.6 Å². The lowest BCUT2D eigenvalue weighted by Crippen LogP contribution is -2.07. The third-order valence-corrected chi connectivity index (χ3v) is 4.31. The molecule has 4 rings (SSSR count). The Balaban J connectivity index is 1.83. The summed E-state index contributed by atoms with van der Waals surface area (Å²) in [4.78, 5) is 19.9. The number of carbonyl (C=O) groups excluding carboxylic acids is 1. The Morgan fingerprint density at radius 2 is 1.74 bits per heavy atom. The van der Waals surface area contributed by atoms with E-state index in [1.807, 2.05) is 6.07 Å². The second-order valence-corrected chi connectivity index (χ2v) is 5.94. The number of carbonyl (C=O) groups is 1. The maximum absolute atomic E-state index is 14.0. The largest absolute Gasteiger partial charge is 0.345 e. The number of nitrogens with zero attached hydrogens (tertiary/aromatic N) is 2. The Morgan fingerprint density at radius 1 is 1.04 bits per heavy atom. The monoisotopic (exact) mass is 359 g/mol. The maximum Gasteiger partial charge on any atom is 0.201 e. The van der Waals surface area contributed by atoms with Crippen molar-refractivity contribution in [1.82, 2.24) is 9.97 Å². The summed E-state index contributed by atoms with van der Waals surface area (Å²) in [6.45, 7) is 0. The first-order valence-electron chi connectivity index (χ1n) is 8.05. The molecule has 0 aliphatic heterocycles. The van der Waals surface area contributed by atoms with Crippen LogP contribution in [0.5, 0.6) is 0 Å². The number of fused-ring (bicyclic) bond motifs is 1. The van der Waals surface area contributed by atoms with Crippen LogP contribution in [0.3, 0.4) is 0 Å². The Hall–Kier alpha value is -3.85. The van der Waals surface area contributed by atoms with Crippen LogP contribution < -0.4 is 0 Å². The molecule has 0 atom stereocenters. The number of rotatable bonds is 3. The Bertz CT molecular complexity index is 1200. The van der Waals surface area contributed by atoms with Gasteiger partial charge in [0.05, 0.1) is 17.2 Å². The molecular weight excluding hydrogens is 348 g/mol. The molecule has 130 valence electrons. The lowest BCUT2D eigenvalue weighted by Gasteiger charge is -2.05. The van der Waals surface area contributed by atoms with Crippen LogP contribution in [0, 0.1) is 23.0 Å². The number of halogens is 2. The second-order valence-electron chi connectivity index (χ2n) is 5.94. The predicted molar refractivity (Wildman–Crippen MR) is 96.0 cm³/mol. The first-order valence-corrected chi connectivity index (χ1v) is 8.05. The van der Waals surface area contributed by atoms with E-state index >= 15 is 0 Å². The molecule has 0 unspecified atom stereocenters. The van der Waals surface area contributed by atoms with E-state index in [0.717, 1.165) is 23.3 Å². The van der Waals surface area contributed by atoms with E-state index in [2.05, 4.69) is 9.97 Å². The van der Waals surface area contributed by atoms with E-state index in [1.54, 1.807) is 36.5 Å². The standard InChI is InChI=1S/C21H11F2N3O/c22-17-2-1-3-18(23)19(17)20(27)16-11-26-21-15(16)8-14(10-25-21)13-6-4-12(9-24)5-7-13/h1-8,10-11H,(H,25,26). The van der Waals surface area contributed by atoms with E-state index in [9.17, 15) is 13.6 Å². The summed E-state index contributed by atoms with van der Waals surface area (Å²) in [7, 11) is 0. The van der Waals surface area contributed by atoms with Crippen LogP contribution in [0.4, 0.5) is 8.78 Å². The zero-order valence-electron chi connectivity index (χ0n) is 13.8. The summed E-state index contributed by atoms with van der Waals surface area (Å²) >= 11 is 0. The molecule has 0 bridgehead atoms. The fraction of sp³-hybridized carbons (Fsp3) is 0. The van der Waals surface area contributed by atoms with Crippen LogP contribution in [0.25, 0.3) is 22.2 Å². The highest BCUT2D eigenvalue weighted by molar-refractivity contribution is 6.16. The van der Waals surface area contributed by atoms with Gasteiger partial charge in [-0.15, -0.1) is 0 Å². The number of aromatic nitrogens is 2. The Kier molecular flexibility index (Phi) is 3.98. The van der Waals surface area contributed by atoms with Crippen molar-refractivity contribution in [3.8, 4) is 17.2 Å². The third-order valence-electron chi connectivity index (χ3n) is 4.31. The van der Waals surface area contributed by atoms with E-state index in [4.69, 9.17) is 5.26 Å². The van der Waals surface area contributed by atoms with Crippen LogP contribution in [-0.4, -0.2) is 15.8 Å². The van der Waals surface area contributed by atoms with E-state index in [-0.39, 0.29) is 5.56 Å². The number of H-pyrrole nitrogens is 1. The molecule has 0 amide bonds. The van der Waals surface area contributed by atoms with Crippen LogP contribution in [-0.2, 0) is 0 Å². The van der Waals surface area contributed by atoms with Gasteiger partial charge < -0.3 is 4.98 Å². The molecule has 6 heteroatoms. The molecule has 0 aliphatic carbocycles. The van der Waals surface area contributed by atoms with Gasteiger partial charge >= 0.3 is 0 Å². The highest BCUT2D eigenvalue weighted by atomic mass is 19.1. The third kappa shape index (κ3) is 2.85. The molecule has 2 aromatic heterocycles. The average molecular weight is 359 g/mol. The lowest BCUT2D eigenvalue weighted by molar-refractivity contribution is 0.103. The number of hydrogen-bond donors (Lipinski definition) is 1. The second kappa shape index (κ2) is 6.46. The molecule has 1 N–H and O–H groups in total. The van der Waals surface area contributed by atoms with Crippen LogP contribution in [0.15, 0.2) is 60.9 Å². The SMILES string of the molecule is N#Cc1ccc(-c2cnc3[nH]cc(C(=O)c4c(F)cccc4F)c3c2)cc1. The Labute approximate surface area is 152 Å². The number of benzene rings is 2. The van der Waals surface area contributed by atoms with Gasteiger partial charge in [-0.2, -0.15) is 5.26 Å². The van der Waals surface area contributed by atoms with Gasteiger partial charge in [0.15, 0.2) is 0 Å². The highest BCUT2D eigenvalue weighted by Gasteiger charge is 2.22. The normalized spacial score (nSPS) is 10.7. The van der Waals surface area contributed by atoms with Crippen molar-refractivity contribution in [2.24, 2.45) is 0 Å². The number of hydrogen-bond acceptors (Lipinski definition) is 3.